The number of benzene rings is 2. The van der Waals surface area contributed by atoms with E-state index in [4.69, 9.17) is 19.6 Å². The topological polar surface area (TPSA) is 78.3 Å². The van der Waals surface area contributed by atoms with E-state index in [0.29, 0.717) is 41.7 Å². The molecular formula is C25H25FN4O3. The average molecular weight is 448 g/mol. The Balaban J connectivity index is 1.65. The fraction of sp³-hybridized carbons (Fsp3) is 0.320. The number of rotatable bonds is 4. The van der Waals surface area contributed by atoms with Crippen LogP contribution in [0.15, 0.2) is 53.7 Å². The highest BCUT2D eigenvalue weighted by atomic mass is 19.1. The number of anilines is 1. The number of fused-ring (bicyclic) bond motifs is 1. The van der Waals surface area contributed by atoms with Gasteiger partial charge in [0.05, 0.1) is 14.2 Å². The number of allylic oxidation sites excluding steroid dienone is 2. The summed E-state index contributed by atoms with van der Waals surface area (Å²) in [4.78, 5) is 18.0. The highest BCUT2D eigenvalue weighted by molar-refractivity contribution is 6.00. The second-order valence-electron chi connectivity index (χ2n) is 9.19. The molecule has 2 aliphatic rings. The van der Waals surface area contributed by atoms with E-state index in [1.807, 2.05) is 12.1 Å². The van der Waals surface area contributed by atoms with Crippen molar-refractivity contribution >= 4 is 11.7 Å². The third-order valence-electron chi connectivity index (χ3n) is 6.16. The molecule has 3 aromatic rings. The Labute approximate surface area is 191 Å². The van der Waals surface area contributed by atoms with Crippen molar-refractivity contribution in [2.45, 2.75) is 32.7 Å². The van der Waals surface area contributed by atoms with Gasteiger partial charge in [0.15, 0.2) is 23.1 Å². The van der Waals surface area contributed by atoms with Gasteiger partial charge in [-0.1, -0.05) is 26.0 Å². The van der Waals surface area contributed by atoms with Gasteiger partial charge in [-0.2, -0.15) is 4.98 Å². The molecule has 1 aliphatic carbocycles. The Morgan fingerprint density at radius 2 is 1.79 bits per heavy atom. The van der Waals surface area contributed by atoms with Crippen molar-refractivity contribution in [1.82, 2.24) is 14.8 Å². The zero-order valence-electron chi connectivity index (χ0n) is 19.0. The van der Waals surface area contributed by atoms with Gasteiger partial charge >= 0.3 is 0 Å². The second-order valence-corrected chi connectivity index (χ2v) is 9.19. The van der Waals surface area contributed by atoms with Crippen LogP contribution < -0.4 is 14.8 Å². The summed E-state index contributed by atoms with van der Waals surface area (Å²) >= 11 is 0. The van der Waals surface area contributed by atoms with Gasteiger partial charge in [0, 0.05) is 23.3 Å². The molecule has 0 spiro atoms. The predicted octanol–water partition coefficient (Wildman–Crippen LogP) is 4.76. The smallest absolute Gasteiger partial charge is 0.226 e. The summed E-state index contributed by atoms with van der Waals surface area (Å²) in [6.45, 7) is 4.16. The van der Waals surface area contributed by atoms with E-state index in [1.165, 1.54) is 12.1 Å². The zero-order valence-corrected chi connectivity index (χ0v) is 19.0. The van der Waals surface area contributed by atoms with Gasteiger partial charge < -0.3 is 14.8 Å². The number of Topliss-reactive ketones (excluding diaryl/α,β-unsaturated/α-hetero) is 1. The van der Waals surface area contributed by atoms with E-state index in [9.17, 15) is 9.18 Å². The van der Waals surface area contributed by atoms with E-state index in [2.05, 4.69) is 19.2 Å². The Morgan fingerprint density at radius 3 is 2.48 bits per heavy atom. The normalized spacial score (nSPS) is 18.9. The largest absolute Gasteiger partial charge is 0.493 e. The number of carbonyl (C=O) groups excluding carboxylic acids is 1. The van der Waals surface area contributed by atoms with Crippen LogP contribution in [0.2, 0.25) is 0 Å². The molecule has 0 amide bonds. The molecule has 170 valence electrons. The Kier molecular flexibility index (Phi) is 4.96. The summed E-state index contributed by atoms with van der Waals surface area (Å²) in [5.74, 6) is 1.94. The molecule has 1 aromatic heterocycles. The average Bonchev–Trinajstić information content (AvgIpc) is 3.20. The Bertz CT molecular complexity index is 1280. The molecule has 8 heteroatoms. The molecule has 0 bridgehead atoms. The minimum atomic E-state index is -0.484. The monoisotopic (exact) mass is 448 g/mol. The van der Waals surface area contributed by atoms with Crippen molar-refractivity contribution < 1.29 is 18.7 Å². The summed E-state index contributed by atoms with van der Waals surface area (Å²) in [5.41, 5.74) is 2.88. The minimum absolute atomic E-state index is 0.0666. The molecule has 33 heavy (non-hydrogen) atoms. The van der Waals surface area contributed by atoms with E-state index >= 15 is 0 Å². The maximum absolute atomic E-state index is 13.7. The van der Waals surface area contributed by atoms with Crippen LogP contribution in [-0.4, -0.2) is 34.8 Å². The van der Waals surface area contributed by atoms with Gasteiger partial charge in [0.1, 0.15) is 11.9 Å². The number of hydrogen-bond donors (Lipinski definition) is 1. The number of ether oxygens (including phenoxy) is 2. The standard InChI is InChI=1S/C25H25FN4O3/c1-25(2)12-17-21(18(31)13-25)22(14-5-8-16(26)9-6-14)30-24(27-17)28-23(29-30)15-7-10-19(32-3)20(11-15)33-4/h5-11,22H,12-13H2,1-4H3,(H,27,28,29). The van der Waals surface area contributed by atoms with Crippen LogP contribution in [0, 0.1) is 11.2 Å². The summed E-state index contributed by atoms with van der Waals surface area (Å²) in [5, 5.41) is 8.12. The first kappa shape index (κ1) is 21.2. The number of hydrogen-bond acceptors (Lipinski definition) is 6. The summed E-state index contributed by atoms with van der Waals surface area (Å²) in [6.07, 6.45) is 1.15. The summed E-state index contributed by atoms with van der Waals surface area (Å²) in [6, 6.07) is 11.2. The number of halogens is 1. The van der Waals surface area contributed by atoms with Gasteiger partial charge in [0.25, 0.3) is 0 Å². The lowest BCUT2D eigenvalue weighted by atomic mass is 9.73. The maximum Gasteiger partial charge on any atom is 0.226 e. The highest BCUT2D eigenvalue weighted by Gasteiger charge is 2.41. The fourth-order valence-electron chi connectivity index (χ4n) is 4.66. The first-order chi connectivity index (χ1) is 15.8. The minimum Gasteiger partial charge on any atom is -0.493 e. The third kappa shape index (κ3) is 3.65. The van der Waals surface area contributed by atoms with E-state index in [1.54, 1.807) is 37.1 Å². The zero-order chi connectivity index (χ0) is 23.3. The Morgan fingerprint density at radius 1 is 1.06 bits per heavy atom. The number of carbonyl (C=O) groups is 1. The first-order valence-corrected chi connectivity index (χ1v) is 10.8. The molecule has 2 heterocycles. The number of methoxy groups -OCH3 is 2. The van der Waals surface area contributed by atoms with Crippen molar-refractivity contribution in [3.05, 3.63) is 65.1 Å². The second kappa shape index (κ2) is 7.72. The molecule has 7 nitrogen and oxygen atoms in total. The molecule has 0 radical (unpaired) electrons. The van der Waals surface area contributed by atoms with Crippen LogP contribution in [0.3, 0.4) is 0 Å². The van der Waals surface area contributed by atoms with Crippen LogP contribution in [0.25, 0.3) is 11.4 Å². The summed E-state index contributed by atoms with van der Waals surface area (Å²) < 4.78 is 26.1. The van der Waals surface area contributed by atoms with Gasteiger partial charge in [-0.15, -0.1) is 5.10 Å². The number of ketones is 1. The van der Waals surface area contributed by atoms with Crippen molar-refractivity contribution in [1.29, 1.82) is 0 Å². The summed E-state index contributed by atoms with van der Waals surface area (Å²) in [7, 11) is 3.15. The van der Waals surface area contributed by atoms with Gasteiger partial charge in [-0.25, -0.2) is 9.07 Å². The Hall–Kier alpha value is -3.68. The highest BCUT2D eigenvalue weighted by Crippen LogP contribution is 2.46. The quantitative estimate of drug-likeness (QED) is 0.620. The van der Waals surface area contributed by atoms with Crippen molar-refractivity contribution in [2.24, 2.45) is 5.41 Å². The van der Waals surface area contributed by atoms with E-state index < -0.39 is 6.04 Å². The predicted molar refractivity (Wildman–Crippen MR) is 122 cm³/mol. The molecule has 2 aromatic carbocycles. The van der Waals surface area contributed by atoms with Gasteiger partial charge in [-0.3, -0.25) is 4.79 Å². The van der Waals surface area contributed by atoms with Crippen LogP contribution in [-0.2, 0) is 4.79 Å². The SMILES string of the molecule is COc1ccc(-c2nc3n(n2)C(c2ccc(F)cc2)C2=C(CC(C)(C)CC2=O)N3)cc1OC. The fourth-order valence-corrected chi connectivity index (χ4v) is 4.66. The lowest BCUT2D eigenvalue weighted by molar-refractivity contribution is -0.118. The molecule has 5 rings (SSSR count). The van der Waals surface area contributed by atoms with Crippen LogP contribution in [0.5, 0.6) is 11.5 Å². The molecule has 1 unspecified atom stereocenters. The van der Waals surface area contributed by atoms with E-state index in [0.717, 1.165) is 16.8 Å². The molecule has 0 saturated carbocycles. The van der Waals surface area contributed by atoms with E-state index in [-0.39, 0.29) is 17.0 Å². The van der Waals surface area contributed by atoms with Gasteiger partial charge in [-0.05, 0) is 47.7 Å². The number of nitrogens with one attached hydrogen (secondary N) is 1. The van der Waals surface area contributed by atoms with Crippen molar-refractivity contribution in [2.75, 3.05) is 19.5 Å². The molecule has 1 atom stereocenters. The lowest BCUT2D eigenvalue weighted by Crippen LogP contribution is -2.36. The third-order valence-corrected chi connectivity index (χ3v) is 6.16. The lowest BCUT2D eigenvalue weighted by Gasteiger charge is -2.38. The molecule has 0 fully saturated rings. The van der Waals surface area contributed by atoms with Crippen molar-refractivity contribution in [3.63, 3.8) is 0 Å². The number of nitrogens with zero attached hydrogens (tertiary/aromatic N) is 3. The molecule has 1 N–H and O–H groups in total. The number of aromatic nitrogens is 3. The molecular weight excluding hydrogens is 423 g/mol. The van der Waals surface area contributed by atoms with Crippen LogP contribution >= 0.6 is 0 Å². The first-order valence-electron chi connectivity index (χ1n) is 10.8. The van der Waals surface area contributed by atoms with Crippen LogP contribution in [0.1, 0.15) is 38.3 Å². The molecule has 0 saturated heterocycles. The molecule has 1 aliphatic heterocycles. The van der Waals surface area contributed by atoms with Gasteiger partial charge in [0.2, 0.25) is 5.95 Å². The van der Waals surface area contributed by atoms with Crippen LogP contribution in [0.4, 0.5) is 10.3 Å². The maximum atomic E-state index is 13.7. The van der Waals surface area contributed by atoms with Crippen molar-refractivity contribution in [3.8, 4) is 22.9 Å².